The van der Waals surface area contributed by atoms with Gasteiger partial charge in [0.1, 0.15) is 0 Å². The summed E-state index contributed by atoms with van der Waals surface area (Å²) in [5.74, 6) is -0.810. The average molecular weight is 343 g/mol. The normalized spacial score (nSPS) is 18.8. The van der Waals surface area contributed by atoms with Crippen molar-refractivity contribution in [2.45, 2.75) is 19.6 Å². The highest BCUT2D eigenvalue weighted by Crippen LogP contribution is 2.17. The predicted molar refractivity (Wildman–Crippen MR) is 96.6 cm³/mol. The van der Waals surface area contributed by atoms with Gasteiger partial charge in [0.25, 0.3) is 0 Å². The van der Waals surface area contributed by atoms with E-state index in [9.17, 15) is 4.79 Å². The van der Waals surface area contributed by atoms with Crippen LogP contribution in [0.15, 0.2) is 30.3 Å². The Hall–Kier alpha value is -2.02. The van der Waals surface area contributed by atoms with Crippen molar-refractivity contribution in [3.63, 3.8) is 0 Å². The van der Waals surface area contributed by atoms with Crippen molar-refractivity contribution in [3.05, 3.63) is 41.6 Å². The largest absolute Gasteiger partial charge is 0.480 e. The monoisotopic (exact) mass is 343 g/mol. The zero-order valence-electron chi connectivity index (χ0n) is 14.8. The number of nitrogens with zero attached hydrogens (tertiary/aromatic N) is 3. The number of likely N-dealkylation sites (N-methyl/N-ethyl adjacent to an activating group) is 1. The Balaban J connectivity index is 1.60. The molecule has 1 unspecified atom stereocenters. The highest BCUT2D eigenvalue weighted by Gasteiger charge is 2.22. The number of pyridine rings is 1. The van der Waals surface area contributed by atoms with Gasteiger partial charge in [-0.15, -0.1) is 0 Å². The Bertz CT molecular complexity index is 750. The molecule has 0 spiro atoms. The van der Waals surface area contributed by atoms with Gasteiger partial charge in [-0.2, -0.15) is 0 Å². The minimum absolute atomic E-state index is 0.0386. The van der Waals surface area contributed by atoms with Crippen molar-refractivity contribution in [2.24, 2.45) is 0 Å². The maximum absolute atomic E-state index is 10.8. The molecule has 1 aromatic heterocycles. The molecule has 3 rings (SSSR count). The Kier molecular flexibility index (Phi) is 5.63. The van der Waals surface area contributed by atoms with E-state index in [-0.39, 0.29) is 12.6 Å². The third-order valence-corrected chi connectivity index (χ3v) is 4.44. The van der Waals surface area contributed by atoms with Gasteiger partial charge in [0, 0.05) is 37.3 Å². The second-order valence-electron chi connectivity index (χ2n) is 6.80. The molecule has 1 atom stereocenters. The zero-order chi connectivity index (χ0) is 17.8. The Morgan fingerprint density at radius 1 is 1.40 bits per heavy atom. The van der Waals surface area contributed by atoms with E-state index in [0.29, 0.717) is 13.2 Å². The van der Waals surface area contributed by atoms with Crippen LogP contribution in [0.2, 0.25) is 0 Å². The quantitative estimate of drug-likeness (QED) is 0.862. The lowest BCUT2D eigenvalue weighted by molar-refractivity contribution is -0.138. The van der Waals surface area contributed by atoms with E-state index in [2.05, 4.69) is 34.1 Å². The van der Waals surface area contributed by atoms with E-state index < -0.39 is 5.97 Å². The van der Waals surface area contributed by atoms with E-state index in [1.807, 2.05) is 20.0 Å². The van der Waals surface area contributed by atoms with Crippen LogP contribution in [0.25, 0.3) is 10.9 Å². The fourth-order valence-electron chi connectivity index (χ4n) is 3.31. The molecule has 2 aromatic rings. The van der Waals surface area contributed by atoms with Crippen LogP contribution in [0.4, 0.5) is 0 Å². The molecule has 1 fully saturated rings. The Morgan fingerprint density at radius 2 is 2.24 bits per heavy atom. The molecule has 0 radical (unpaired) electrons. The molecule has 1 aliphatic rings. The second-order valence-corrected chi connectivity index (χ2v) is 6.80. The van der Waals surface area contributed by atoms with Gasteiger partial charge in [-0.25, -0.2) is 0 Å². The van der Waals surface area contributed by atoms with Gasteiger partial charge in [-0.1, -0.05) is 12.1 Å². The lowest BCUT2D eigenvalue weighted by atomic mass is 10.1. The van der Waals surface area contributed by atoms with E-state index in [1.165, 1.54) is 5.56 Å². The van der Waals surface area contributed by atoms with Crippen molar-refractivity contribution in [2.75, 3.05) is 39.8 Å². The number of hydrogen-bond acceptors (Lipinski definition) is 5. The molecule has 0 saturated carbocycles. The lowest BCUT2D eigenvalue weighted by Crippen LogP contribution is -2.47. The Labute approximate surface area is 148 Å². The zero-order valence-corrected chi connectivity index (χ0v) is 14.8. The van der Waals surface area contributed by atoms with Crippen LogP contribution in [0.3, 0.4) is 0 Å². The maximum atomic E-state index is 10.8. The van der Waals surface area contributed by atoms with Crippen LogP contribution in [-0.2, 0) is 16.1 Å². The summed E-state index contributed by atoms with van der Waals surface area (Å²) < 4.78 is 5.80. The number of benzene rings is 1. The van der Waals surface area contributed by atoms with E-state index in [0.717, 1.165) is 36.2 Å². The molecular formula is C19H25N3O3. The minimum atomic E-state index is -0.810. The number of carboxylic acid groups (broad SMARTS) is 1. The first-order valence-electron chi connectivity index (χ1n) is 8.60. The summed E-state index contributed by atoms with van der Waals surface area (Å²) in [4.78, 5) is 19.5. The number of morpholine rings is 1. The van der Waals surface area contributed by atoms with Crippen LogP contribution in [0, 0.1) is 6.92 Å². The van der Waals surface area contributed by atoms with E-state index >= 15 is 0 Å². The second kappa shape index (κ2) is 7.91. The molecule has 25 heavy (non-hydrogen) atoms. The number of ether oxygens (including phenoxy) is 1. The van der Waals surface area contributed by atoms with Crippen LogP contribution in [-0.4, -0.2) is 71.8 Å². The number of hydrogen-bond donors (Lipinski definition) is 1. The number of fused-ring (bicyclic) bond motifs is 1. The van der Waals surface area contributed by atoms with Gasteiger partial charge in [-0.3, -0.25) is 19.6 Å². The molecule has 1 aromatic carbocycles. The molecule has 1 saturated heterocycles. The third-order valence-electron chi connectivity index (χ3n) is 4.44. The van der Waals surface area contributed by atoms with Crippen LogP contribution in [0.1, 0.15) is 11.3 Å². The standard InChI is InChI=1S/C19H25N3O3/c1-14-3-5-16-9-15(4-6-18(16)20-14)10-22-7-8-25-17(12-22)11-21(2)13-19(23)24/h3-6,9,17H,7-8,10-13H2,1-2H3,(H,23,24). The summed E-state index contributed by atoms with van der Waals surface area (Å²) in [5.41, 5.74) is 3.32. The average Bonchev–Trinajstić information content (AvgIpc) is 2.54. The van der Waals surface area contributed by atoms with E-state index in [4.69, 9.17) is 9.84 Å². The number of rotatable bonds is 6. The number of aromatic nitrogens is 1. The maximum Gasteiger partial charge on any atom is 0.317 e. The van der Waals surface area contributed by atoms with Crippen molar-refractivity contribution in [1.29, 1.82) is 0 Å². The Morgan fingerprint density at radius 3 is 3.04 bits per heavy atom. The summed E-state index contributed by atoms with van der Waals surface area (Å²) in [6, 6.07) is 10.6. The van der Waals surface area contributed by atoms with Gasteiger partial charge in [0.15, 0.2) is 0 Å². The van der Waals surface area contributed by atoms with Crippen molar-refractivity contribution in [1.82, 2.24) is 14.8 Å². The lowest BCUT2D eigenvalue weighted by Gasteiger charge is -2.34. The molecule has 0 bridgehead atoms. The van der Waals surface area contributed by atoms with Crippen LogP contribution < -0.4 is 0 Å². The summed E-state index contributed by atoms with van der Waals surface area (Å²) in [6.45, 7) is 5.92. The molecule has 6 nitrogen and oxygen atoms in total. The summed E-state index contributed by atoms with van der Waals surface area (Å²) >= 11 is 0. The van der Waals surface area contributed by atoms with Crippen molar-refractivity contribution >= 4 is 16.9 Å². The van der Waals surface area contributed by atoms with Crippen molar-refractivity contribution in [3.8, 4) is 0 Å². The van der Waals surface area contributed by atoms with Gasteiger partial charge in [0.2, 0.25) is 0 Å². The highest BCUT2D eigenvalue weighted by atomic mass is 16.5. The molecule has 2 heterocycles. The van der Waals surface area contributed by atoms with Gasteiger partial charge in [0.05, 0.1) is 24.8 Å². The molecule has 0 amide bonds. The topological polar surface area (TPSA) is 65.9 Å². The number of carboxylic acids is 1. The van der Waals surface area contributed by atoms with Crippen LogP contribution >= 0.6 is 0 Å². The van der Waals surface area contributed by atoms with E-state index in [1.54, 1.807) is 4.90 Å². The molecule has 0 aliphatic carbocycles. The van der Waals surface area contributed by atoms with Crippen molar-refractivity contribution < 1.29 is 14.6 Å². The van der Waals surface area contributed by atoms with Gasteiger partial charge < -0.3 is 9.84 Å². The van der Waals surface area contributed by atoms with Gasteiger partial charge in [-0.05, 0) is 37.7 Å². The highest BCUT2D eigenvalue weighted by molar-refractivity contribution is 5.79. The molecular weight excluding hydrogens is 318 g/mol. The summed E-state index contributed by atoms with van der Waals surface area (Å²) in [7, 11) is 1.81. The molecule has 1 N–H and O–H groups in total. The first-order chi connectivity index (χ1) is 12.0. The fourth-order valence-corrected chi connectivity index (χ4v) is 3.31. The predicted octanol–water partition coefficient (Wildman–Crippen LogP) is 1.76. The first-order valence-corrected chi connectivity index (χ1v) is 8.60. The fraction of sp³-hybridized carbons (Fsp3) is 0.474. The molecule has 6 heteroatoms. The number of carbonyl (C=O) groups is 1. The first kappa shape index (κ1) is 17.8. The molecule has 1 aliphatic heterocycles. The summed E-state index contributed by atoms with van der Waals surface area (Å²) in [5, 5.41) is 10.0. The minimum Gasteiger partial charge on any atom is -0.480 e. The molecule has 134 valence electrons. The third kappa shape index (κ3) is 4.98. The number of aliphatic carboxylic acids is 1. The SMILES string of the molecule is Cc1ccc2cc(CN3CCOC(CN(C)CC(=O)O)C3)ccc2n1. The van der Waals surface area contributed by atoms with Crippen LogP contribution in [0.5, 0.6) is 0 Å². The number of aryl methyl sites for hydroxylation is 1. The smallest absolute Gasteiger partial charge is 0.317 e. The van der Waals surface area contributed by atoms with Gasteiger partial charge >= 0.3 is 5.97 Å². The summed E-state index contributed by atoms with van der Waals surface area (Å²) in [6.07, 6.45) is 0.0443.